The minimum Gasteiger partial charge on any atom is -0.455 e. The summed E-state index contributed by atoms with van der Waals surface area (Å²) in [6.45, 7) is 6.15. The van der Waals surface area contributed by atoms with Crippen LogP contribution in [0.5, 0.6) is 0 Å². The second-order valence-corrected chi connectivity index (χ2v) is 6.29. The monoisotopic (exact) mass is 338 g/mol. The van der Waals surface area contributed by atoms with Crippen LogP contribution in [0, 0.1) is 6.92 Å². The molecular formula is C25H22O. The van der Waals surface area contributed by atoms with E-state index in [2.05, 4.69) is 73.7 Å². The molecule has 0 aliphatic heterocycles. The Labute approximate surface area is 153 Å². The van der Waals surface area contributed by atoms with Crippen LogP contribution in [0.2, 0.25) is 0 Å². The minimum absolute atomic E-state index is 0.948. The van der Waals surface area contributed by atoms with Crippen molar-refractivity contribution in [1.29, 1.82) is 0 Å². The van der Waals surface area contributed by atoms with Gasteiger partial charge in [-0.25, -0.2) is 0 Å². The van der Waals surface area contributed by atoms with Crippen molar-refractivity contribution in [3.63, 3.8) is 0 Å². The van der Waals surface area contributed by atoms with E-state index in [1.54, 1.807) is 0 Å². The van der Waals surface area contributed by atoms with Crippen molar-refractivity contribution in [3.05, 3.63) is 84.4 Å². The number of hydrogen-bond donors (Lipinski definition) is 0. The number of fused-ring (bicyclic) bond motifs is 4. The van der Waals surface area contributed by atoms with Gasteiger partial charge in [0, 0.05) is 16.3 Å². The third-order valence-electron chi connectivity index (χ3n) is 4.79. The second kappa shape index (κ2) is 6.68. The van der Waals surface area contributed by atoms with Gasteiger partial charge >= 0.3 is 0 Å². The Morgan fingerprint density at radius 2 is 1.42 bits per heavy atom. The van der Waals surface area contributed by atoms with Crippen LogP contribution in [0.15, 0.2) is 83.3 Å². The van der Waals surface area contributed by atoms with Gasteiger partial charge < -0.3 is 4.42 Å². The molecule has 5 rings (SSSR count). The molecule has 5 aromatic rings. The van der Waals surface area contributed by atoms with E-state index < -0.39 is 0 Å². The molecule has 0 unspecified atom stereocenters. The lowest BCUT2D eigenvalue weighted by Gasteiger charge is -2.06. The second-order valence-electron chi connectivity index (χ2n) is 6.29. The molecule has 1 heteroatoms. The topological polar surface area (TPSA) is 13.1 Å². The Balaban J connectivity index is 0.000000814. The minimum atomic E-state index is 0.948. The molecule has 0 saturated heterocycles. The molecule has 0 amide bonds. The fourth-order valence-electron chi connectivity index (χ4n) is 3.58. The van der Waals surface area contributed by atoms with Crippen LogP contribution in [0.1, 0.15) is 19.4 Å². The molecule has 0 bridgehead atoms. The Kier molecular flexibility index (Phi) is 4.22. The van der Waals surface area contributed by atoms with Crippen LogP contribution in [0.4, 0.5) is 0 Å². The summed E-state index contributed by atoms with van der Waals surface area (Å²) in [5.41, 5.74) is 5.52. The first-order chi connectivity index (χ1) is 12.8. The Bertz CT molecular complexity index is 1210. The molecule has 0 spiro atoms. The molecule has 1 nitrogen and oxygen atoms in total. The highest BCUT2D eigenvalue weighted by atomic mass is 16.3. The molecule has 0 N–H and O–H groups in total. The van der Waals surface area contributed by atoms with Gasteiger partial charge in [0.2, 0.25) is 0 Å². The first kappa shape index (κ1) is 16.4. The molecule has 26 heavy (non-hydrogen) atoms. The van der Waals surface area contributed by atoms with E-state index in [1.807, 2.05) is 26.0 Å². The highest BCUT2D eigenvalue weighted by Gasteiger charge is 2.14. The van der Waals surface area contributed by atoms with E-state index in [0.29, 0.717) is 0 Å². The van der Waals surface area contributed by atoms with Gasteiger partial charge in [-0.05, 0) is 41.0 Å². The van der Waals surface area contributed by atoms with Gasteiger partial charge in [0.15, 0.2) is 0 Å². The van der Waals surface area contributed by atoms with Crippen LogP contribution in [0.3, 0.4) is 0 Å². The zero-order valence-corrected chi connectivity index (χ0v) is 15.4. The maximum atomic E-state index is 6.23. The molecule has 0 atom stereocenters. The van der Waals surface area contributed by atoms with E-state index in [1.165, 1.54) is 32.7 Å². The number of benzene rings is 4. The molecule has 1 aromatic heterocycles. The Hall–Kier alpha value is -3.06. The summed E-state index contributed by atoms with van der Waals surface area (Å²) in [5.74, 6) is 0. The normalized spacial score (nSPS) is 10.9. The predicted molar refractivity (Wildman–Crippen MR) is 113 cm³/mol. The summed E-state index contributed by atoms with van der Waals surface area (Å²) < 4.78 is 6.23. The average molecular weight is 338 g/mol. The van der Waals surface area contributed by atoms with Crippen molar-refractivity contribution in [2.45, 2.75) is 20.8 Å². The van der Waals surface area contributed by atoms with Gasteiger partial charge in [0.1, 0.15) is 11.2 Å². The smallest absolute Gasteiger partial charge is 0.143 e. The molecule has 0 saturated carbocycles. The van der Waals surface area contributed by atoms with Crippen LogP contribution >= 0.6 is 0 Å². The van der Waals surface area contributed by atoms with Crippen molar-refractivity contribution in [3.8, 4) is 11.1 Å². The van der Waals surface area contributed by atoms with Crippen LogP contribution in [0.25, 0.3) is 43.8 Å². The maximum absolute atomic E-state index is 6.23. The van der Waals surface area contributed by atoms with Crippen molar-refractivity contribution in [2.24, 2.45) is 0 Å². The largest absolute Gasteiger partial charge is 0.455 e. The molecule has 0 aliphatic rings. The lowest BCUT2D eigenvalue weighted by Crippen LogP contribution is -1.82. The summed E-state index contributed by atoms with van der Waals surface area (Å²) in [4.78, 5) is 0. The number of hydrogen-bond acceptors (Lipinski definition) is 1. The van der Waals surface area contributed by atoms with E-state index >= 15 is 0 Å². The van der Waals surface area contributed by atoms with Gasteiger partial charge in [0.05, 0.1) is 0 Å². The molecule has 128 valence electrons. The number of aryl methyl sites for hydroxylation is 1. The summed E-state index contributed by atoms with van der Waals surface area (Å²) in [6.07, 6.45) is 0. The van der Waals surface area contributed by atoms with Crippen molar-refractivity contribution >= 4 is 32.7 Å². The Morgan fingerprint density at radius 1 is 0.692 bits per heavy atom. The van der Waals surface area contributed by atoms with Crippen LogP contribution < -0.4 is 0 Å². The lowest BCUT2D eigenvalue weighted by atomic mass is 9.97. The number of para-hydroxylation sites is 1. The number of furan rings is 1. The van der Waals surface area contributed by atoms with E-state index in [4.69, 9.17) is 4.42 Å². The molecule has 4 aromatic carbocycles. The molecule has 1 heterocycles. The van der Waals surface area contributed by atoms with Gasteiger partial charge in [-0.1, -0.05) is 80.6 Å². The first-order valence-corrected chi connectivity index (χ1v) is 9.21. The van der Waals surface area contributed by atoms with Crippen molar-refractivity contribution in [2.75, 3.05) is 0 Å². The van der Waals surface area contributed by atoms with Gasteiger partial charge in [0.25, 0.3) is 0 Å². The van der Waals surface area contributed by atoms with Gasteiger partial charge in [-0.2, -0.15) is 0 Å². The summed E-state index contributed by atoms with van der Waals surface area (Å²) >= 11 is 0. The first-order valence-electron chi connectivity index (χ1n) is 9.21. The standard InChI is InChI=1S/C23H16O.C2H6/c1-15-10-13-19(18-12-11-16-6-2-3-7-17(16)14-18)23-22(15)20-8-4-5-9-21(20)24-23;1-2/h2-14H,1H3;1-2H3. The highest BCUT2D eigenvalue weighted by molar-refractivity contribution is 6.11. The van der Waals surface area contributed by atoms with E-state index in [-0.39, 0.29) is 0 Å². The zero-order chi connectivity index (χ0) is 18.1. The van der Waals surface area contributed by atoms with Gasteiger partial charge in [-0.15, -0.1) is 0 Å². The average Bonchev–Trinajstić information content (AvgIpc) is 3.10. The molecule has 0 aliphatic carbocycles. The van der Waals surface area contributed by atoms with Crippen LogP contribution in [-0.2, 0) is 0 Å². The Morgan fingerprint density at radius 3 is 2.27 bits per heavy atom. The number of rotatable bonds is 1. The molecular weight excluding hydrogens is 316 g/mol. The maximum Gasteiger partial charge on any atom is 0.143 e. The zero-order valence-electron chi connectivity index (χ0n) is 15.4. The quantitative estimate of drug-likeness (QED) is 0.304. The van der Waals surface area contributed by atoms with Crippen molar-refractivity contribution in [1.82, 2.24) is 0 Å². The van der Waals surface area contributed by atoms with Crippen molar-refractivity contribution < 1.29 is 4.42 Å². The summed E-state index contributed by atoms with van der Waals surface area (Å²) in [7, 11) is 0. The third-order valence-corrected chi connectivity index (χ3v) is 4.79. The molecule has 0 radical (unpaired) electrons. The fraction of sp³-hybridized carbons (Fsp3) is 0.120. The van der Waals surface area contributed by atoms with E-state index in [9.17, 15) is 0 Å². The summed E-state index contributed by atoms with van der Waals surface area (Å²) in [6, 6.07) is 27.7. The highest BCUT2D eigenvalue weighted by Crippen LogP contribution is 2.38. The fourth-order valence-corrected chi connectivity index (χ4v) is 3.58. The lowest BCUT2D eigenvalue weighted by molar-refractivity contribution is 0.670. The third kappa shape index (κ3) is 2.57. The summed E-state index contributed by atoms with van der Waals surface area (Å²) in [5, 5.41) is 4.91. The van der Waals surface area contributed by atoms with E-state index in [0.717, 1.165) is 16.7 Å². The van der Waals surface area contributed by atoms with Gasteiger partial charge in [-0.3, -0.25) is 0 Å². The van der Waals surface area contributed by atoms with Crippen LogP contribution in [-0.4, -0.2) is 0 Å². The molecule has 0 fully saturated rings. The predicted octanol–water partition coefficient (Wildman–Crippen LogP) is 7.74. The SMILES string of the molecule is CC.Cc1ccc(-c2ccc3ccccc3c2)c2oc3ccccc3c12.